The maximum absolute atomic E-state index is 11.9. The second-order valence-electron chi connectivity index (χ2n) is 6.77. The number of nitrogens with two attached hydrogens (primary N) is 1. The highest BCUT2D eigenvalue weighted by atomic mass is 32.1. The average Bonchev–Trinajstić information content (AvgIpc) is 2.87. The molecule has 0 fully saturated rings. The Morgan fingerprint density at radius 1 is 1.27 bits per heavy atom. The molecule has 1 unspecified atom stereocenters. The summed E-state index contributed by atoms with van der Waals surface area (Å²) in [6.45, 7) is 8.50. The van der Waals surface area contributed by atoms with Gasteiger partial charge in [0.1, 0.15) is 5.60 Å². The number of carbonyl (C=O) groups is 1. The summed E-state index contributed by atoms with van der Waals surface area (Å²) in [5.41, 5.74) is 6.36. The van der Waals surface area contributed by atoms with Crippen LogP contribution in [0.5, 0.6) is 0 Å². The molecule has 22 heavy (non-hydrogen) atoms. The summed E-state index contributed by atoms with van der Waals surface area (Å²) in [5, 5.41) is 6.18. The highest BCUT2D eigenvalue weighted by Gasteiger charge is 2.29. The molecule has 0 aliphatic heterocycles. The Morgan fingerprint density at radius 2 is 1.95 bits per heavy atom. The number of amides is 1. The van der Waals surface area contributed by atoms with Crippen LogP contribution in [0.4, 0.5) is 4.79 Å². The van der Waals surface area contributed by atoms with Crippen molar-refractivity contribution in [3.63, 3.8) is 0 Å². The third-order valence-corrected chi connectivity index (χ3v) is 4.57. The predicted molar refractivity (Wildman–Crippen MR) is 92.5 cm³/mol. The van der Waals surface area contributed by atoms with Gasteiger partial charge in [-0.05, 0) is 43.2 Å². The molecular weight excluding hydrogens is 296 g/mol. The van der Waals surface area contributed by atoms with Crippen molar-refractivity contribution in [2.24, 2.45) is 5.73 Å². The second kappa shape index (κ2) is 6.26. The van der Waals surface area contributed by atoms with E-state index in [0.717, 1.165) is 0 Å². The van der Waals surface area contributed by atoms with Gasteiger partial charge in [0.2, 0.25) is 0 Å². The molecular formula is C17H24N2O2S. The molecule has 120 valence electrons. The van der Waals surface area contributed by atoms with Crippen LogP contribution in [-0.4, -0.2) is 24.8 Å². The summed E-state index contributed by atoms with van der Waals surface area (Å²) in [6.07, 6.45) is -0.410. The van der Waals surface area contributed by atoms with Crippen molar-refractivity contribution in [1.82, 2.24) is 5.32 Å². The van der Waals surface area contributed by atoms with Crippen molar-refractivity contribution in [2.75, 3.05) is 13.1 Å². The molecule has 0 aliphatic rings. The molecule has 5 heteroatoms. The van der Waals surface area contributed by atoms with Gasteiger partial charge in [0.05, 0.1) is 0 Å². The van der Waals surface area contributed by atoms with Crippen LogP contribution in [0.1, 0.15) is 33.3 Å². The van der Waals surface area contributed by atoms with Crippen LogP contribution in [-0.2, 0) is 10.2 Å². The number of carbonyl (C=O) groups excluding carboxylic acids is 1. The zero-order valence-corrected chi connectivity index (χ0v) is 14.4. The highest BCUT2D eigenvalue weighted by molar-refractivity contribution is 7.17. The fourth-order valence-electron chi connectivity index (χ4n) is 2.30. The van der Waals surface area contributed by atoms with Crippen LogP contribution in [0.15, 0.2) is 29.6 Å². The van der Waals surface area contributed by atoms with Gasteiger partial charge in [0, 0.05) is 23.2 Å². The summed E-state index contributed by atoms with van der Waals surface area (Å²) >= 11 is 1.70. The maximum atomic E-state index is 11.9. The molecule has 0 radical (unpaired) electrons. The zero-order chi connectivity index (χ0) is 16.4. The quantitative estimate of drug-likeness (QED) is 0.904. The lowest BCUT2D eigenvalue weighted by Crippen LogP contribution is -2.45. The van der Waals surface area contributed by atoms with Crippen molar-refractivity contribution < 1.29 is 9.53 Å². The van der Waals surface area contributed by atoms with E-state index in [-0.39, 0.29) is 5.41 Å². The molecule has 0 spiro atoms. The zero-order valence-electron chi connectivity index (χ0n) is 13.6. The minimum Gasteiger partial charge on any atom is -0.444 e. The van der Waals surface area contributed by atoms with Crippen LogP contribution in [0.3, 0.4) is 0 Å². The SMILES string of the molecule is CC(C)(C)OC(=O)NCC(C)(CN)c1csc2ccccc12. The minimum absolute atomic E-state index is 0.323. The Balaban J connectivity index is 2.17. The van der Waals surface area contributed by atoms with E-state index in [1.807, 2.05) is 32.9 Å². The van der Waals surface area contributed by atoms with E-state index in [2.05, 4.69) is 29.8 Å². The molecule has 2 rings (SSSR count). The molecule has 1 aromatic heterocycles. The fraction of sp³-hybridized carbons (Fsp3) is 0.471. The summed E-state index contributed by atoms with van der Waals surface area (Å²) in [5.74, 6) is 0. The van der Waals surface area contributed by atoms with E-state index in [9.17, 15) is 4.79 Å². The highest BCUT2D eigenvalue weighted by Crippen LogP contribution is 2.34. The lowest BCUT2D eigenvalue weighted by Gasteiger charge is -2.29. The molecule has 1 aromatic carbocycles. The van der Waals surface area contributed by atoms with Crippen molar-refractivity contribution in [1.29, 1.82) is 0 Å². The van der Waals surface area contributed by atoms with E-state index in [4.69, 9.17) is 10.5 Å². The number of benzene rings is 1. The van der Waals surface area contributed by atoms with E-state index in [1.165, 1.54) is 15.6 Å². The monoisotopic (exact) mass is 320 g/mol. The Hall–Kier alpha value is -1.59. The molecule has 0 bridgehead atoms. The number of thiophene rings is 1. The topological polar surface area (TPSA) is 64.3 Å². The van der Waals surface area contributed by atoms with Gasteiger partial charge in [-0.3, -0.25) is 0 Å². The lowest BCUT2D eigenvalue weighted by atomic mass is 9.82. The number of nitrogens with one attached hydrogen (secondary N) is 1. The third-order valence-electron chi connectivity index (χ3n) is 3.60. The number of ether oxygens (including phenoxy) is 1. The third kappa shape index (κ3) is 3.78. The van der Waals surface area contributed by atoms with Crippen molar-refractivity contribution in [2.45, 2.75) is 38.7 Å². The standard InChI is InChI=1S/C17H24N2O2S/c1-16(2,3)21-15(20)19-11-17(4,10-18)13-9-22-14-8-6-5-7-12(13)14/h5-9H,10-11,18H2,1-4H3,(H,19,20). The van der Waals surface area contributed by atoms with Crippen molar-refractivity contribution in [3.8, 4) is 0 Å². The summed E-state index contributed by atoms with van der Waals surface area (Å²) in [6, 6.07) is 8.25. The van der Waals surface area contributed by atoms with Crippen LogP contribution >= 0.6 is 11.3 Å². The Kier molecular flexibility index (Phi) is 4.78. The van der Waals surface area contributed by atoms with Crippen molar-refractivity contribution in [3.05, 3.63) is 35.2 Å². The number of alkyl carbamates (subject to hydrolysis) is 1. The summed E-state index contributed by atoms with van der Waals surface area (Å²) in [4.78, 5) is 11.9. The molecule has 1 heterocycles. The van der Waals surface area contributed by atoms with Gasteiger partial charge in [-0.15, -0.1) is 11.3 Å². The van der Waals surface area contributed by atoms with Gasteiger partial charge >= 0.3 is 6.09 Å². The first-order valence-corrected chi connectivity index (χ1v) is 8.27. The lowest BCUT2D eigenvalue weighted by molar-refractivity contribution is 0.0516. The first-order chi connectivity index (χ1) is 10.2. The van der Waals surface area contributed by atoms with Gasteiger partial charge in [-0.1, -0.05) is 25.1 Å². The van der Waals surface area contributed by atoms with Crippen LogP contribution in [0, 0.1) is 0 Å². The number of rotatable bonds is 4. The van der Waals surface area contributed by atoms with E-state index >= 15 is 0 Å². The van der Waals surface area contributed by atoms with E-state index in [0.29, 0.717) is 13.1 Å². The van der Waals surface area contributed by atoms with Crippen LogP contribution in [0.2, 0.25) is 0 Å². The smallest absolute Gasteiger partial charge is 0.407 e. The van der Waals surface area contributed by atoms with E-state index < -0.39 is 11.7 Å². The van der Waals surface area contributed by atoms with Gasteiger partial charge in [0.15, 0.2) is 0 Å². The molecule has 0 aliphatic carbocycles. The predicted octanol–water partition coefficient (Wildman–Crippen LogP) is 3.64. The molecule has 4 nitrogen and oxygen atoms in total. The number of hydrogen-bond donors (Lipinski definition) is 2. The molecule has 0 saturated heterocycles. The Morgan fingerprint density at radius 3 is 2.59 bits per heavy atom. The van der Waals surface area contributed by atoms with Crippen LogP contribution in [0.25, 0.3) is 10.1 Å². The summed E-state index contributed by atoms with van der Waals surface area (Å²) < 4.78 is 6.53. The minimum atomic E-state index is -0.502. The molecule has 2 aromatic rings. The largest absolute Gasteiger partial charge is 0.444 e. The molecule has 3 N–H and O–H groups in total. The Bertz CT molecular complexity index is 660. The van der Waals surface area contributed by atoms with Gasteiger partial charge in [0.25, 0.3) is 0 Å². The molecule has 1 atom stereocenters. The normalized spacial score (nSPS) is 14.6. The number of hydrogen-bond acceptors (Lipinski definition) is 4. The second-order valence-corrected chi connectivity index (χ2v) is 7.68. The molecule has 1 amide bonds. The Labute approximate surface area is 135 Å². The van der Waals surface area contributed by atoms with Crippen LogP contribution < -0.4 is 11.1 Å². The first-order valence-electron chi connectivity index (χ1n) is 7.39. The first kappa shape index (κ1) is 16.8. The summed E-state index contributed by atoms with van der Waals surface area (Å²) in [7, 11) is 0. The van der Waals surface area contributed by atoms with Gasteiger partial charge in [-0.25, -0.2) is 4.79 Å². The maximum Gasteiger partial charge on any atom is 0.407 e. The average molecular weight is 320 g/mol. The number of fused-ring (bicyclic) bond motifs is 1. The van der Waals surface area contributed by atoms with Gasteiger partial charge in [-0.2, -0.15) is 0 Å². The molecule has 0 saturated carbocycles. The van der Waals surface area contributed by atoms with Gasteiger partial charge < -0.3 is 15.8 Å². The van der Waals surface area contributed by atoms with E-state index in [1.54, 1.807) is 11.3 Å². The fourth-order valence-corrected chi connectivity index (χ4v) is 3.42. The van der Waals surface area contributed by atoms with Crippen molar-refractivity contribution >= 4 is 27.5 Å².